The third kappa shape index (κ3) is 3.66. The van der Waals surface area contributed by atoms with E-state index < -0.39 is 17.7 Å². The summed E-state index contributed by atoms with van der Waals surface area (Å²) in [6.45, 7) is 3.80. The molecular formula is C27H26N2O3. The van der Waals surface area contributed by atoms with E-state index in [1.165, 1.54) is 4.90 Å². The van der Waals surface area contributed by atoms with Crippen LogP contribution in [0.5, 0.6) is 0 Å². The molecule has 1 aliphatic rings. The van der Waals surface area contributed by atoms with Crippen LogP contribution in [-0.2, 0) is 9.59 Å². The van der Waals surface area contributed by atoms with Crippen LogP contribution in [0.2, 0.25) is 0 Å². The Bertz CT molecular complexity index is 1210. The quantitative estimate of drug-likeness (QED) is 0.363. The molecule has 0 aliphatic carbocycles. The highest BCUT2D eigenvalue weighted by Gasteiger charge is 2.47. The molecule has 3 aromatic rings. The predicted octanol–water partition coefficient (Wildman–Crippen LogP) is 5.00. The van der Waals surface area contributed by atoms with E-state index in [-0.39, 0.29) is 11.3 Å². The number of rotatable bonds is 4. The Labute approximate surface area is 188 Å². The lowest BCUT2D eigenvalue weighted by Gasteiger charge is -2.26. The SMILES string of the molecule is Cc1ccc(C)c(/C(O)=C2\C(=O)C(=O)N(c3ccc(N(C)C)cc3)C2c2ccccc2)c1. The van der Waals surface area contributed by atoms with Crippen LogP contribution in [0.4, 0.5) is 11.4 Å². The molecule has 1 atom stereocenters. The van der Waals surface area contributed by atoms with Gasteiger partial charge in [0.25, 0.3) is 11.7 Å². The van der Waals surface area contributed by atoms with Gasteiger partial charge in [-0.1, -0.05) is 48.0 Å². The van der Waals surface area contributed by atoms with E-state index in [2.05, 4.69) is 0 Å². The van der Waals surface area contributed by atoms with Crippen molar-refractivity contribution in [1.29, 1.82) is 0 Å². The summed E-state index contributed by atoms with van der Waals surface area (Å²) in [6, 6.07) is 21.8. The standard InChI is InChI=1S/C27H26N2O3/c1-17-10-11-18(2)22(16-17)25(30)23-24(19-8-6-5-7-9-19)29(27(32)26(23)31)21-14-12-20(13-15-21)28(3)4/h5-16,24,30H,1-4H3/b25-23+. The van der Waals surface area contributed by atoms with E-state index in [9.17, 15) is 14.7 Å². The number of carbonyl (C=O) groups is 2. The Kier molecular flexibility index (Phi) is 5.57. The lowest BCUT2D eigenvalue weighted by molar-refractivity contribution is -0.132. The molecule has 0 aromatic heterocycles. The zero-order valence-corrected chi connectivity index (χ0v) is 18.7. The molecule has 4 rings (SSSR count). The van der Waals surface area contributed by atoms with Crippen LogP contribution in [0.15, 0.2) is 78.4 Å². The van der Waals surface area contributed by atoms with E-state index in [1.807, 2.05) is 106 Å². The number of anilines is 2. The van der Waals surface area contributed by atoms with Crippen molar-refractivity contribution in [1.82, 2.24) is 0 Å². The smallest absolute Gasteiger partial charge is 0.300 e. The zero-order chi connectivity index (χ0) is 23.0. The average molecular weight is 427 g/mol. The van der Waals surface area contributed by atoms with Crippen molar-refractivity contribution in [3.05, 3.63) is 101 Å². The first-order valence-electron chi connectivity index (χ1n) is 10.5. The molecule has 162 valence electrons. The summed E-state index contributed by atoms with van der Waals surface area (Å²) in [6.07, 6.45) is 0. The van der Waals surface area contributed by atoms with Gasteiger partial charge < -0.3 is 10.0 Å². The van der Waals surface area contributed by atoms with E-state index in [0.29, 0.717) is 11.3 Å². The predicted molar refractivity (Wildman–Crippen MR) is 128 cm³/mol. The number of benzene rings is 3. The number of hydrogen-bond donors (Lipinski definition) is 1. The van der Waals surface area contributed by atoms with Crippen molar-refractivity contribution < 1.29 is 14.7 Å². The van der Waals surface area contributed by atoms with Gasteiger partial charge in [0.15, 0.2) is 0 Å². The molecule has 0 saturated carbocycles. The van der Waals surface area contributed by atoms with E-state index >= 15 is 0 Å². The van der Waals surface area contributed by atoms with Gasteiger partial charge in [0.1, 0.15) is 5.76 Å². The Hall–Kier alpha value is -3.86. The number of aliphatic hydroxyl groups excluding tert-OH is 1. The molecule has 1 N–H and O–H groups in total. The van der Waals surface area contributed by atoms with Gasteiger partial charge in [-0.3, -0.25) is 14.5 Å². The molecule has 0 radical (unpaired) electrons. The Morgan fingerprint density at radius 2 is 1.56 bits per heavy atom. The van der Waals surface area contributed by atoms with Crippen molar-refractivity contribution in [2.24, 2.45) is 0 Å². The van der Waals surface area contributed by atoms with Gasteiger partial charge in [-0.25, -0.2) is 0 Å². The van der Waals surface area contributed by atoms with Crippen LogP contribution in [0.25, 0.3) is 5.76 Å². The van der Waals surface area contributed by atoms with Crippen LogP contribution >= 0.6 is 0 Å². The highest BCUT2D eigenvalue weighted by atomic mass is 16.3. The maximum atomic E-state index is 13.2. The Morgan fingerprint density at radius 3 is 2.19 bits per heavy atom. The summed E-state index contributed by atoms with van der Waals surface area (Å²) in [5.74, 6) is -1.48. The van der Waals surface area contributed by atoms with Gasteiger partial charge in [0, 0.05) is 31.0 Å². The summed E-state index contributed by atoms with van der Waals surface area (Å²) in [5.41, 5.74) is 4.81. The largest absolute Gasteiger partial charge is 0.507 e. The minimum absolute atomic E-state index is 0.103. The van der Waals surface area contributed by atoms with Crippen molar-refractivity contribution in [3.8, 4) is 0 Å². The van der Waals surface area contributed by atoms with Gasteiger partial charge >= 0.3 is 0 Å². The Morgan fingerprint density at radius 1 is 0.906 bits per heavy atom. The monoisotopic (exact) mass is 426 g/mol. The van der Waals surface area contributed by atoms with Crippen LogP contribution in [0.1, 0.15) is 28.3 Å². The molecule has 1 unspecified atom stereocenters. The Balaban J connectivity index is 1.93. The highest BCUT2D eigenvalue weighted by Crippen LogP contribution is 2.42. The number of aliphatic hydroxyl groups is 1. The normalized spacial score (nSPS) is 17.6. The third-order valence-electron chi connectivity index (χ3n) is 5.85. The summed E-state index contributed by atoms with van der Waals surface area (Å²) < 4.78 is 0. The van der Waals surface area contributed by atoms with Crippen LogP contribution in [-0.4, -0.2) is 30.9 Å². The summed E-state index contributed by atoms with van der Waals surface area (Å²) >= 11 is 0. The first-order valence-corrected chi connectivity index (χ1v) is 10.5. The maximum absolute atomic E-state index is 13.2. The van der Waals surface area contributed by atoms with Crippen molar-refractivity contribution >= 4 is 28.8 Å². The van der Waals surface area contributed by atoms with Gasteiger partial charge in [0.05, 0.1) is 11.6 Å². The fourth-order valence-corrected chi connectivity index (χ4v) is 4.10. The molecule has 0 bridgehead atoms. The molecule has 1 heterocycles. The lowest BCUT2D eigenvalue weighted by atomic mass is 9.93. The average Bonchev–Trinajstić information content (AvgIpc) is 3.06. The second-order valence-corrected chi connectivity index (χ2v) is 8.31. The van der Waals surface area contributed by atoms with Crippen molar-refractivity contribution in [3.63, 3.8) is 0 Å². The summed E-state index contributed by atoms with van der Waals surface area (Å²) in [7, 11) is 3.88. The van der Waals surface area contributed by atoms with Gasteiger partial charge in [-0.05, 0) is 55.3 Å². The fourth-order valence-electron chi connectivity index (χ4n) is 4.10. The maximum Gasteiger partial charge on any atom is 0.300 e. The molecule has 32 heavy (non-hydrogen) atoms. The highest BCUT2D eigenvalue weighted by molar-refractivity contribution is 6.51. The van der Waals surface area contributed by atoms with Crippen LogP contribution in [0.3, 0.4) is 0 Å². The fraction of sp³-hybridized carbons (Fsp3) is 0.185. The second-order valence-electron chi connectivity index (χ2n) is 8.31. The number of aryl methyl sites for hydroxylation is 2. The molecule has 1 aliphatic heterocycles. The van der Waals surface area contributed by atoms with Gasteiger partial charge in [-0.2, -0.15) is 0 Å². The van der Waals surface area contributed by atoms with E-state index in [0.717, 1.165) is 22.4 Å². The molecule has 0 spiro atoms. The number of carbonyl (C=O) groups excluding carboxylic acids is 2. The van der Waals surface area contributed by atoms with E-state index in [4.69, 9.17) is 0 Å². The van der Waals surface area contributed by atoms with Crippen LogP contribution in [0, 0.1) is 13.8 Å². The topological polar surface area (TPSA) is 60.9 Å². The number of nitrogens with zero attached hydrogens (tertiary/aromatic N) is 2. The minimum atomic E-state index is -0.721. The molecular weight excluding hydrogens is 400 g/mol. The van der Waals surface area contributed by atoms with Crippen molar-refractivity contribution in [2.45, 2.75) is 19.9 Å². The summed E-state index contributed by atoms with van der Waals surface area (Å²) in [4.78, 5) is 29.9. The minimum Gasteiger partial charge on any atom is -0.507 e. The number of ketones is 1. The second kappa shape index (κ2) is 8.35. The third-order valence-corrected chi connectivity index (χ3v) is 5.85. The molecule has 1 amide bonds. The zero-order valence-electron chi connectivity index (χ0n) is 18.7. The number of amides is 1. The molecule has 5 heteroatoms. The first-order chi connectivity index (χ1) is 15.3. The number of Topliss-reactive ketones (excluding diaryl/α,β-unsaturated/α-hetero) is 1. The molecule has 5 nitrogen and oxygen atoms in total. The molecule has 3 aromatic carbocycles. The molecule has 1 fully saturated rings. The van der Waals surface area contributed by atoms with Crippen LogP contribution < -0.4 is 9.80 Å². The lowest BCUT2D eigenvalue weighted by Crippen LogP contribution is -2.29. The van der Waals surface area contributed by atoms with Crippen molar-refractivity contribution in [2.75, 3.05) is 23.9 Å². The van der Waals surface area contributed by atoms with Gasteiger partial charge in [0.2, 0.25) is 0 Å². The van der Waals surface area contributed by atoms with E-state index in [1.54, 1.807) is 0 Å². The first kappa shape index (κ1) is 21.4. The number of hydrogen-bond acceptors (Lipinski definition) is 4. The summed E-state index contributed by atoms with van der Waals surface area (Å²) in [5, 5.41) is 11.3. The van der Waals surface area contributed by atoms with Gasteiger partial charge in [-0.15, -0.1) is 0 Å². The molecule has 1 saturated heterocycles.